The van der Waals surface area contributed by atoms with Crippen molar-refractivity contribution in [3.05, 3.63) is 42.0 Å². The van der Waals surface area contributed by atoms with Crippen LogP contribution in [0.3, 0.4) is 0 Å². The molecular weight excluding hydrogens is 304 g/mol. The maximum absolute atomic E-state index is 12.1. The lowest BCUT2D eigenvalue weighted by Gasteiger charge is -2.25. The van der Waals surface area contributed by atoms with E-state index in [2.05, 4.69) is 40.5 Å². The molecule has 0 radical (unpaired) electrons. The van der Waals surface area contributed by atoms with E-state index >= 15 is 0 Å². The largest absolute Gasteiger partial charge is 0.497 e. The molecule has 5 nitrogen and oxygen atoms in total. The number of fused-ring (bicyclic) bond motifs is 1. The van der Waals surface area contributed by atoms with E-state index in [1.807, 2.05) is 6.07 Å². The van der Waals surface area contributed by atoms with Crippen molar-refractivity contribution in [2.45, 2.75) is 6.42 Å². The fourth-order valence-electron chi connectivity index (χ4n) is 3.02. The van der Waals surface area contributed by atoms with Gasteiger partial charge in [0.1, 0.15) is 5.75 Å². The van der Waals surface area contributed by atoms with Gasteiger partial charge in [-0.3, -0.25) is 9.69 Å². The molecule has 2 aromatic carbocycles. The quantitative estimate of drug-likeness (QED) is 0.879. The van der Waals surface area contributed by atoms with Gasteiger partial charge in [0, 0.05) is 19.6 Å². The van der Waals surface area contributed by atoms with Crippen molar-refractivity contribution >= 4 is 16.7 Å². The number of nitrogens with one attached hydrogen (secondary N) is 1. The number of carbonyl (C=O) groups excluding carboxylic acids is 1. The number of benzene rings is 2. The summed E-state index contributed by atoms with van der Waals surface area (Å²) in [5.41, 5.74) is 1.22. The van der Waals surface area contributed by atoms with Gasteiger partial charge in [-0.05, 0) is 34.9 Å². The van der Waals surface area contributed by atoms with Crippen LogP contribution in [0.15, 0.2) is 36.4 Å². The summed E-state index contributed by atoms with van der Waals surface area (Å²) in [6.45, 7) is 4.18. The molecule has 5 heteroatoms. The Hall–Kier alpha value is -2.11. The van der Waals surface area contributed by atoms with Crippen LogP contribution in [0.5, 0.6) is 5.75 Å². The molecule has 1 heterocycles. The maximum atomic E-state index is 12.1. The number of amides is 1. The molecule has 1 aliphatic heterocycles. The number of methoxy groups -OCH3 is 1. The summed E-state index contributed by atoms with van der Waals surface area (Å²) in [7, 11) is 1.68. The zero-order valence-corrected chi connectivity index (χ0v) is 14.1. The van der Waals surface area contributed by atoms with Crippen LogP contribution in [0.25, 0.3) is 10.8 Å². The number of morpholine rings is 1. The van der Waals surface area contributed by atoms with Crippen LogP contribution in [0, 0.1) is 0 Å². The first kappa shape index (κ1) is 16.7. The second-order valence-corrected chi connectivity index (χ2v) is 5.99. The molecule has 0 unspecified atom stereocenters. The van der Waals surface area contributed by atoms with Crippen molar-refractivity contribution in [2.24, 2.45) is 0 Å². The Morgan fingerprint density at radius 2 is 2.08 bits per heavy atom. The van der Waals surface area contributed by atoms with E-state index in [9.17, 15) is 4.79 Å². The maximum Gasteiger partial charge on any atom is 0.234 e. The van der Waals surface area contributed by atoms with Crippen LogP contribution < -0.4 is 10.1 Å². The Bertz CT molecular complexity index is 696. The fraction of sp³-hybridized carbons (Fsp3) is 0.421. The Kier molecular flexibility index (Phi) is 5.67. The first-order valence-corrected chi connectivity index (χ1v) is 8.39. The van der Waals surface area contributed by atoms with Crippen LogP contribution in [0.2, 0.25) is 0 Å². The Balaban J connectivity index is 1.56. The van der Waals surface area contributed by atoms with Crippen molar-refractivity contribution in [3.8, 4) is 5.75 Å². The Labute approximate surface area is 142 Å². The molecule has 24 heavy (non-hydrogen) atoms. The summed E-state index contributed by atoms with van der Waals surface area (Å²) < 4.78 is 10.6. The first-order chi connectivity index (χ1) is 11.8. The summed E-state index contributed by atoms with van der Waals surface area (Å²) >= 11 is 0. The molecule has 128 valence electrons. The minimum Gasteiger partial charge on any atom is -0.497 e. The SMILES string of the molecule is COc1ccc2cccc(CCNC(=O)CN3CCOCC3)c2c1. The molecule has 2 aromatic rings. The molecule has 0 bridgehead atoms. The molecule has 0 atom stereocenters. The minimum absolute atomic E-state index is 0.0784. The van der Waals surface area contributed by atoms with E-state index in [1.165, 1.54) is 16.3 Å². The van der Waals surface area contributed by atoms with Crippen LogP contribution in [0.1, 0.15) is 5.56 Å². The normalized spacial score (nSPS) is 15.4. The topological polar surface area (TPSA) is 50.8 Å². The van der Waals surface area contributed by atoms with E-state index in [0.717, 1.165) is 25.3 Å². The molecule has 0 aromatic heterocycles. The lowest BCUT2D eigenvalue weighted by atomic mass is 10.0. The lowest BCUT2D eigenvalue weighted by Crippen LogP contribution is -2.43. The summed E-state index contributed by atoms with van der Waals surface area (Å²) in [5.74, 6) is 0.932. The summed E-state index contributed by atoms with van der Waals surface area (Å²) in [4.78, 5) is 14.2. The van der Waals surface area contributed by atoms with E-state index in [4.69, 9.17) is 9.47 Å². The molecule has 1 fully saturated rings. The van der Waals surface area contributed by atoms with Crippen LogP contribution >= 0.6 is 0 Å². The third kappa shape index (κ3) is 4.24. The minimum atomic E-state index is 0.0784. The predicted octanol–water partition coefficient (Wildman–Crippen LogP) is 1.84. The third-order valence-corrected chi connectivity index (χ3v) is 4.37. The molecule has 1 amide bonds. The van der Waals surface area contributed by atoms with Gasteiger partial charge in [-0.2, -0.15) is 0 Å². The lowest BCUT2D eigenvalue weighted by molar-refractivity contribution is -0.123. The Morgan fingerprint density at radius 1 is 1.25 bits per heavy atom. The zero-order valence-electron chi connectivity index (χ0n) is 14.1. The molecule has 0 spiro atoms. The first-order valence-electron chi connectivity index (χ1n) is 8.39. The van der Waals surface area contributed by atoms with Gasteiger partial charge in [0.25, 0.3) is 0 Å². The molecule has 1 saturated heterocycles. The highest BCUT2D eigenvalue weighted by Crippen LogP contribution is 2.24. The van der Waals surface area contributed by atoms with Crippen molar-refractivity contribution in [2.75, 3.05) is 46.5 Å². The smallest absolute Gasteiger partial charge is 0.234 e. The molecular formula is C19H24N2O3. The summed E-state index contributed by atoms with van der Waals surface area (Å²) in [6, 6.07) is 12.3. The average Bonchev–Trinajstić information content (AvgIpc) is 2.62. The number of hydrogen-bond donors (Lipinski definition) is 1. The summed E-state index contributed by atoms with van der Waals surface area (Å²) in [5, 5.41) is 5.39. The van der Waals surface area contributed by atoms with E-state index < -0.39 is 0 Å². The standard InChI is InChI=1S/C19H24N2O3/c1-23-17-6-5-15-3-2-4-16(18(15)13-17)7-8-20-19(22)14-21-9-11-24-12-10-21/h2-6,13H,7-12,14H2,1H3,(H,20,22). The molecule has 0 saturated carbocycles. The highest BCUT2D eigenvalue weighted by molar-refractivity contribution is 5.87. The van der Waals surface area contributed by atoms with Crippen molar-refractivity contribution < 1.29 is 14.3 Å². The molecule has 3 rings (SSSR count). The van der Waals surface area contributed by atoms with Crippen LogP contribution in [-0.4, -0.2) is 57.3 Å². The van der Waals surface area contributed by atoms with E-state index in [-0.39, 0.29) is 5.91 Å². The number of hydrogen-bond acceptors (Lipinski definition) is 4. The second kappa shape index (κ2) is 8.13. The number of ether oxygens (including phenoxy) is 2. The van der Waals surface area contributed by atoms with Gasteiger partial charge in [0.05, 0.1) is 26.9 Å². The van der Waals surface area contributed by atoms with Gasteiger partial charge in [0.2, 0.25) is 5.91 Å². The van der Waals surface area contributed by atoms with Crippen molar-refractivity contribution in [1.29, 1.82) is 0 Å². The van der Waals surface area contributed by atoms with Gasteiger partial charge in [-0.25, -0.2) is 0 Å². The van der Waals surface area contributed by atoms with Gasteiger partial charge in [-0.1, -0.05) is 24.3 Å². The molecule has 0 aliphatic carbocycles. The fourth-order valence-corrected chi connectivity index (χ4v) is 3.02. The molecule has 1 N–H and O–H groups in total. The highest BCUT2D eigenvalue weighted by atomic mass is 16.5. The monoisotopic (exact) mass is 328 g/mol. The van der Waals surface area contributed by atoms with Gasteiger partial charge in [-0.15, -0.1) is 0 Å². The zero-order chi connectivity index (χ0) is 16.8. The van der Waals surface area contributed by atoms with Gasteiger partial charge >= 0.3 is 0 Å². The van der Waals surface area contributed by atoms with E-state index in [0.29, 0.717) is 26.3 Å². The van der Waals surface area contributed by atoms with Crippen LogP contribution in [-0.2, 0) is 16.0 Å². The van der Waals surface area contributed by atoms with Crippen molar-refractivity contribution in [1.82, 2.24) is 10.2 Å². The average molecular weight is 328 g/mol. The highest BCUT2D eigenvalue weighted by Gasteiger charge is 2.13. The number of carbonyl (C=O) groups is 1. The second-order valence-electron chi connectivity index (χ2n) is 5.99. The van der Waals surface area contributed by atoms with Crippen LogP contribution in [0.4, 0.5) is 0 Å². The Morgan fingerprint density at radius 3 is 2.88 bits per heavy atom. The van der Waals surface area contributed by atoms with E-state index in [1.54, 1.807) is 7.11 Å². The van der Waals surface area contributed by atoms with Gasteiger partial charge < -0.3 is 14.8 Å². The predicted molar refractivity (Wildman–Crippen MR) is 94.5 cm³/mol. The number of nitrogens with zero attached hydrogens (tertiary/aromatic N) is 1. The number of rotatable bonds is 6. The summed E-state index contributed by atoms with van der Waals surface area (Å²) in [6.07, 6.45) is 0.805. The molecule has 1 aliphatic rings. The third-order valence-electron chi connectivity index (χ3n) is 4.37. The van der Waals surface area contributed by atoms with Crippen molar-refractivity contribution in [3.63, 3.8) is 0 Å². The van der Waals surface area contributed by atoms with Gasteiger partial charge in [0.15, 0.2) is 0 Å².